The molecule has 12 heavy (non-hydrogen) atoms. The van der Waals surface area contributed by atoms with Crippen molar-refractivity contribution in [3.8, 4) is 0 Å². The zero-order chi connectivity index (χ0) is 9.52. The molecule has 1 heterocycles. The van der Waals surface area contributed by atoms with E-state index >= 15 is 0 Å². The van der Waals surface area contributed by atoms with Crippen molar-refractivity contribution in [1.82, 2.24) is 4.90 Å². The van der Waals surface area contributed by atoms with E-state index in [1.165, 1.54) is 0 Å². The maximum absolute atomic E-state index is 13.2. The van der Waals surface area contributed by atoms with Crippen LogP contribution in [0, 0.1) is 5.92 Å². The van der Waals surface area contributed by atoms with Crippen LogP contribution in [0.4, 0.5) is 8.78 Å². The van der Waals surface area contributed by atoms with E-state index in [0.29, 0.717) is 0 Å². The molecule has 1 unspecified atom stereocenters. The standard InChI is InChI=1S/C9H17F2N/c1-6-5-9(10,11)7(2)8(3)12(6)4/h6-8H,5H2,1-4H3/t6-,7-,8?/m0/s1. The molecule has 1 nitrogen and oxygen atoms in total. The Bertz CT molecular complexity index is 170. The summed E-state index contributed by atoms with van der Waals surface area (Å²) < 4.78 is 26.5. The van der Waals surface area contributed by atoms with Crippen LogP contribution < -0.4 is 0 Å². The molecule has 1 aliphatic rings. The SMILES string of the molecule is CC1[C@H](C)C(F)(F)C[C@H](C)N1C. The van der Waals surface area contributed by atoms with E-state index < -0.39 is 11.8 Å². The van der Waals surface area contributed by atoms with Gasteiger partial charge in [-0.1, -0.05) is 6.92 Å². The summed E-state index contributed by atoms with van der Waals surface area (Å²) in [5, 5.41) is 0. The van der Waals surface area contributed by atoms with Crippen LogP contribution >= 0.6 is 0 Å². The number of nitrogens with zero attached hydrogens (tertiary/aromatic N) is 1. The van der Waals surface area contributed by atoms with Crippen molar-refractivity contribution in [2.24, 2.45) is 5.92 Å². The lowest BCUT2D eigenvalue weighted by atomic mass is 9.85. The van der Waals surface area contributed by atoms with Gasteiger partial charge in [0.25, 0.3) is 5.92 Å². The minimum atomic E-state index is -2.48. The first-order chi connectivity index (χ1) is 5.36. The minimum absolute atomic E-state index is 0.00495. The second-order valence-corrected chi connectivity index (χ2v) is 4.01. The number of hydrogen-bond donors (Lipinski definition) is 0. The first kappa shape index (κ1) is 9.90. The highest BCUT2D eigenvalue weighted by molar-refractivity contribution is 4.92. The first-order valence-electron chi connectivity index (χ1n) is 4.46. The van der Waals surface area contributed by atoms with Gasteiger partial charge in [0, 0.05) is 24.4 Å². The number of rotatable bonds is 0. The predicted molar refractivity (Wildman–Crippen MR) is 45.4 cm³/mol. The van der Waals surface area contributed by atoms with E-state index in [4.69, 9.17) is 0 Å². The highest BCUT2D eigenvalue weighted by atomic mass is 19.3. The van der Waals surface area contributed by atoms with Crippen LogP contribution in [0.2, 0.25) is 0 Å². The molecule has 0 aromatic carbocycles. The van der Waals surface area contributed by atoms with Crippen LogP contribution in [-0.2, 0) is 0 Å². The predicted octanol–water partition coefficient (Wildman–Crippen LogP) is 2.37. The lowest BCUT2D eigenvalue weighted by Gasteiger charge is -2.44. The molecule has 0 bridgehead atoms. The van der Waals surface area contributed by atoms with Crippen LogP contribution in [0.15, 0.2) is 0 Å². The number of hydrogen-bond acceptors (Lipinski definition) is 1. The number of halogens is 2. The summed E-state index contributed by atoms with van der Waals surface area (Å²) in [4.78, 5) is 2.03. The molecule has 1 saturated heterocycles. The lowest BCUT2D eigenvalue weighted by Crippen LogP contribution is -2.54. The average molecular weight is 177 g/mol. The van der Waals surface area contributed by atoms with Crippen LogP contribution in [0.5, 0.6) is 0 Å². The molecule has 0 amide bonds. The summed E-state index contributed by atoms with van der Waals surface area (Å²) in [7, 11) is 1.92. The Kier molecular flexibility index (Phi) is 2.43. The summed E-state index contributed by atoms with van der Waals surface area (Å²) in [6.45, 7) is 5.36. The van der Waals surface area contributed by atoms with Gasteiger partial charge in [-0.2, -0.15) is 0 Å². The molecule has 72 valence electrons. The van der Waals surface area contributed by atoms with Crippen molar-refractivity contribution < 1.29 is 8.78 Å². The summed E-state index contributed by atoms with van der Waals surface area (Å²) in [5.41, 5.74) is 0. The molecule has 0 aliphatic carbocycles. The highest BCUT2D eigenvalue weighted by Gasteiger charge is 2.47. The van der Waals surface area contributed by atoms with Gasteiger partial charge in [-0.05, 0) is 20.9 Å². The monoisotopic (exact) mass is 177 g/mol. The highest BCUT2D eigenvalue weighted by Crippen LogP contribution is 2.38. The summed E-state index contributed by atoms with van der Waals surface area (Å²) in [5.74, 6) is -3.01. The molecule has 3 heteroatoms. The third kappa shape index (κ3) is 1.47. The first-order valence-corrected chi connectivity index (χ1v) is 4.46. The Morgan fingerprint density at radius 1 is 1.25 bits per heavy atom. The van der Waals surface area contributed by atoms with E-state index in [1.54, 1.807) is 6.92 Å². The molecular weight excluding hydrogens is 160 g/mol. The van der Waals surface area contributed by atoms with E-state index in [2.05, 4.69) is 0 Å². The van der Waals surface area contributed by atoms with Crippen molar-refractivity contribution in [1.29, 1.82) is 0 Å². The third-order valence-corrected chi connectivity index (χ3v) is 3.30. The molecule has 0 saturated carbocycles. The fourth-order valence-electron chi connectivity index (χ4n) is 1.83. The van der Waals surface area contributed by atoms with Gasteiger partial charge in [0.2, 0.25) is 0 Å². The molecule has 1 rings (SSSR count). The van der Waals surface area contributed by atoms with E-state index in [9.17, 15) is 8.78 Å². The Morgan fingerprint density at radius 3 is 2.25 bits per heavy atom. The molecule has 1 fully saturated rings. The Balaban J connectivity index is 2.78. The Hall–Kier alpha value is -0.180. The molecule has 0 spiro atoms. The topological polar surface area (TPSA) is 3.24 Å². The van der Waals surface area contributed by atoms with E-state index in [1.807, 2.05) is 25.8 Å². The fourth-order valence-corrected chi connectivity index (χ4v) is 1.83. The summed E-state index contributed by atoms with van der Waals surface area (Å²) in [6.07, 6.45) is -0.00495. The second kappa shape index (κ2) is 2.95. The van der Waals surface area contributed by atoms with Gasteiger partial charge < -0.3 is 4.90 Å². The number of likely N-dealkylation sites (tertiary alicyclic amines) is 1. The molecule has 0 radical (unpaired) electrons. The zero-order valence-corrected chi connectivity index (χ0v) is 8.14. The molecule has 0 aromatic rings. The van der Waals surface area contributed by atoms with Gasteiger partial charge in [-0.3, -0.25) is 0 Å². The van der Waals surface area contributed by atoms with Crippen molar-refractivity contribution in [3.63, 3.8) is 0 Å². The largest absolute Gasteiger partial charge is 0.300 e. The zero-order valence-electron chi connectivity index (χ0n) is 8.14. The molecule has 0 aromatic heterocycles. The average Bonchev–Trinajstić information content (AvgIpc) is 1.97. The van der Waals surface area contributed by atoms with E-state index in [-0.39, 0.29) is 18.5 Å². The quantitative estimate of drug-likeness (QED) is 0.549. The summed E-state index contributed by atoms with van der Waals surface area (Å²) in [6, 6.07) is -0.0325. The van der Waals surface area contributed by atoms with Crippen molar-refractivity contribution >= 4 is 0 Å². The Labute approximate surface area is 72.7 Å². The minimum Gasteiger partial charge on any atom is -0.300 e. The lowest BCUT2D eigenvalue weighted by molar-refractivity contribution is -0.133. The van der Waals surface area contributed by atoms with Crippen molar-refractivity contribution in [2.75, 3.05) is 7.05 Å². The van der Waals surface area contributed by atoms with Crippen LogP contribution in [0.3, 0.4) is 0 Å². The third-order valence-electron chi connectivity index (χ3n) is 3.30. The molecule has 1 aliphatic heterocycles. The number of piperidine rings is 1. The van der Waals surface area contributed by atoms with Crippen molar-refractivity contribution in [2.45, 2.75) is 45.2 Å². The number of alkyl halides is 2. The van der Waals surface area contributed by atoms with Gasteiger partial charge in [-0.25, -0.2) is 8.78 Å². The second-order valence-electron chi connectivity index (χ2n) is 4.01. The van der Waals surface area contributed by atoms with Crippen molar-refractivity contribution in [3.05, 3.63) is 0 Å². The maximum atomic E-state index is 13.2. The van der Waals surface area contributed by atoms with Gasteiger partial charge in [0.1, 0.15) is 0 Å². The molecular formula is C9H17F2N. The molecule has 0 N–H and O–H groups in total. The van der Waals surface area contributed by atoms with Gasteiger partial charge in [-0.15, -0.1) is 0 Å². The fraction of sp³-hybridized carbons (Fsp3) is 1.00. The Morgan fingerprint density at radius 2 is 1.75 bits per heavy atom. The van der Waals surface area contributed by atoms with Gasteiger partial charge in [0.05, 0.1) is 0 Å². The van der Waals surface area contributed by atoms with Gasteiger partial charge >= 0.3 is 0 Å². The van der Waals surface area contributed by atoms with Crippen LogP contribution in [-0.4, -0.2) is 30.0 Å². The van der Waals surface area contributed by atoms with E-state index in [0.717, 1.165) is 0 Å². The summed E-state index contributed by atoms with van der Waals surface area (Å²) >= 11 is 0. The van der Waals surface area contributed by atoms with Gasteiger partial charge in [0.15, 0.2) is 0 Å². The smallest absolute Gasteiger partial charge is 0.253 e. The van der Waals surface area contributed by atoms with Crippen LogP contribution in [0.1, 0.15) is 27.2 Å². The molecule has 3 atom stereocenters. The normalized spacial score (nSPS) is 43.0. The van der Waals surface area contributed by atoms with Crippen LogP contribution in [0.25, 0.3) is 0 Å². The maximum Gasteiger partial charge on any atom is 0.253 e.